The van der Waals surface area contributed by atoms with Crippen molar-refractivity contribution in [3.8, 4) is 11.1 Å². The minimum absolute atomic E-state index is 0.280. The fourth-order valence-corrected chi connectivity index (χ4v) is 2.02. The number of hydrogen-bond acceptors (Lipinski definition) is 1. The summed E-state index contributed by atoms with van der Waals surface area (Å²) in [4.78, 5) is 0. The molecule has 94 valence electrons. The number of benzene rings is 2. The molecule has 0 saturated carbocycles. The molecule has 3 heteroatoms. The van der Waals surface area contributed by atoms with Crippen molar-refractivity contribution in [2.75, 3.05) is 7.05 Å². The lowest BCUT2D eigenvalue weighted by atomic mass is 9.99. The summed E-state index contributed by atoms with van der Waals surface area (Å²) in [5.41, 5.74) is 2.85. The first-order valence-electron chi connectivity index (χ1n) is 5.81. The molecule has 2 aromatic carbocycles. The van der Waals surface area contributed by atoms with E-state index in [9.17, 15) is 8.78 Å². The van der Waals surface area contributed by atoms with Crippen molar-refractivity contribution in [3.63, 3.8) is 0 Å². The lowest BCUT2D eigenvalue weighted by molar-refractivity contribution is 0.623. The van der Waals surface area contributed by atoms with Crippen molar-refractivity contribution in [3.05, 3.63) is 59.2 Å². The molecule has 0 saturated heterocycles. The second-order valence-corrected chi connectivity index (χ2v) is 4.30. The Balaban J connectivity index is 2.44. The minimum atomic E-state index is -0.302. The topological polar surface area (TPSA) is 12.0 Å². The molecule has 2 rings (SSSR count). The Hall–Kier alpha value is -1.74. The summed E-state index contributed by atoms with van der Waals surface area (Å²) in [6, 6.07) is 9.50. The van der Waals surface area contributed by atoms with E-state index in [1.165, 1.54) is 18.2 Å². The summed E-state index contributed by atoms with van der Waals surface area (Å²) in [6.07, 6.45) is 0. The van der Waals surface area contributed by atoms with Gasteiger partial charge in [0.25, 0.3) is 0 Å². The molecule has 0 atom stereocenters. The lowest BCUT2D eigenvalue weighted by Gasteiger charge is -2.09. The first-order valence-corrected chi connectivity index (χ1v) is 5.81. The Morgan fingerprint density at radius 2 is 1.72 bits per heavy atom. The van der Waals surface area contributed by atoms with E-state index in [4.69, 9.17) is 0 Å². The monoisotopic (exact) mass is 247 g/mol. The van der Waals surface area contributed by atoms with Gasteiger partial charge in [-0.2, -0.15) is 0 Å². The van der Waals surface area contributed by atoms with Gasteiger partial charge in [-0.15, -0.1) is 0 Å². The number of halogens is 2. The largest absolute Gasteiger partial charge is 0.316 e. The van der Waals surface area contributed by atoms with Gasteiger partial charge in [0.05, 0.1) is 0 Å². The highest BCUT2D eigenvalue weighted by atomic mass is 19.1. The summed E-state index contributed by atoms with van der Waals surface area (Å²) in [6.45, 7) is 2.40. The summed E-state index contributed by atoms with van der Waals surface area (Å²) in [7, 11) is 1.82. The van der Waals surface area contributed by atoms with Gasteiger partial charge in [0, 0.05) is 12.1 Å². The molecule has 0 fully saturated rings. The van der Waals surface area contributed by atoms with Crippen LogP contribution in [-0.4, -0.2) is 7.05 Å². The van der Waals surface area contributed by atoms with E-state index in [1.54, 1.807) is 19.1 Å². The van der Waals surface area contributed by atoms with Crippen molar-refractivity contribution < 1.29 is 8.78 Å². The van der Waals surface area contributed by atoms with Crippen LogP contribution in [0.25, 0.3) is 11.1 Å². The third kappa shape index (κ3) is 2.57. The Morgan fingerprint density at radius 3 is 2.33 bits per heavy atom. The highest BCUT2D eigenvalue weighted by Gasteiger charge is 2.09. The third-order valence-corrected chi connectivity index (χ3v) is 2.89. The van der Waals surface area contributed by atoms with Crippen LogP contribution in [0.3, 0.4) is 0 Å². The van der Waals surface area contributed by atoms with E-state index in [-0.39, 0.29) is 11.6 Å². The zero-order valence-electron chi connectivity index (χ0n) is 10.4. The zero-order chi connectivity index (χ0) is 13.1. The lowest BCUT2D eigenvalue weighted by Crippen LogP contribution is -2.05. The SMILES string of the molecule is CNCc1ccc(-c2ccc(F)cc2C)c(F)c1. The average molecular weight is 247 g/mol. The molecule has 0 amide bonds. The first-order chi connectivity index (χ1) is 8.61. The third-order valence-electron chi connectivity index (χ3n) is 2.89. The summed E-state index contributed by atoms with van der Waals surface area (Å²) in [5.74, 6) is -0.582. The molecule has 0 aliphatic carbocycles. The molecule has 0 aliphatic heterocycles. The van der Waals surface area contributed by atoms with Crippen LogP contribution in [0.2, 0.25) is 0 Å². The Labute approximate surface area is 105 Å². The number of nitrogens with one attached hydrogen (secondary N) is 1. The van der Waals surface area contributed by atoms with Crippen LogP contribution in [0, 0.1) is 18.6 Å². The van der Waals surface area contributed by atoms with E-state index >= 15 is 0 Å². The molecule has 18 heavy (non-hydrogen) atoms. The average Bonchev–Trinajstić information content (AvgIpc) is 2.31. The molecule has 1 nitrogen and oxygen atoms in total. The van der Waals surface area contributed by atoms with Gasteiger partial charge in [-0.3, -0.25) is 0 Å². The maximum atomic E-state index is 14.0. The molecular weight excluding hydrogens is 232 g/mol. The van der Waals surface area contributed by atoms with E-state index < -0.39 is 0 Å². The van der Waals surface area contributed by atoms with Crippen molar-refractivity contribution in [1.82, 2.24) is 5.32 Å². The molecule has 0 unspecified atom stereocenters. The van der Waals surface area contributed by atoms with Crippen LogP contribution in [0.4, 0.5) is 8.78 Å². The van der Waals surface area contributed by atoms with E-state index in [0.29, 0.717) is 12.1 Å². The zero-order valence-corrected chi connectivity index (χ0v) is 10.4. The second kappa shape index (κ2) is 5.27. The highest BCUT2D eigenvalue weighted by Crippen LogP contribution is 2.27. The van der Waals surface area contributed by atoms with Gasteiger partial charge in [-0.1, -0.05) is 18.2 Å². The van der Waals surface area contributed by atoms with Crippen LogP contribution >= 0.6 is 0 Å². The normalized spacial score (nSPS) is 10.7. The first kappa shape index (κ1) is 12.7. The van der Waals surface area contributed by atoms with Crippen LogP contribution in [0.5, 0.6) is 0 Å². The van der Waals surface area contributed by atoms with Crippen molar-refractivity contribution in [2.45, 2.75) is 13.5 Å². The Morgan fingerprint density at radius 1 is 1.00 bits per heavy atom. The predicted molar refractivity (Wildman–Crippen MR) is 69.3 cm³/mol. The predicted octanol–water partition coefficient (Wildman–Crippen LogP) is 3.66. The van der Waals surface area contributed by atoms with E-state index in [1.807, 2.05) is 13.1 Å². The fraction of sp³-hybridized carbons (Fsp3) is 0.200. The van der Waals surface area contributed by atoms with Crippen LogP contribution in [0.15, 0.2) is 36.4 Å². The van der Waals surface area contributed by atoms with Crippen LogP contribution in [-0.2, 0) is 6.54 Å². The van der Waals surface area contributed by atoms with Gasteiger partial charge >= 0.3 is 0 Å². The molecule has 2 aromatic rings. The molecule has 0 aromatic heterocycles. The summed E-state index contributed by atoms with van der Waals surface area (Å²) < 4.78 is 27.0. The number of aryl methyl sites for hydroxylation is 1. The van der Waals surface area contributed by atoms with E-state index in [2.05, 4.69) is 5.32 Å². The molecule has 0 radical (unpaired) electrons. The summed E-state index contributed by atoms with van der Waals surface area (Å²) in [5, 5.41) is 2.97. The number of rotatable bonds is 3. The maximum Gasteiger partial charge on any atom is 0.131 e. The van der Waals surface area contributed by atoms with Crippen LogP contribution < -0.4 is 5.32 Å². The van der Waals surface area contributed by atoms with Gasteiger partial charge < -0.3 is 5.32 Å². The smallest absolute Gasteiger partial charge is 0.131 e. The molecular formula is C15H15F2N. The Bertz CT molecular complexity index is 564. The quantitative estimate of drug-likeness (QED) is 0.872. The second-order valence-electron chi connectivity index (χ2n) is 4.30. The molecule has 0 aliphatic rings. The van der Waals surface area contributed by atoms with Gasteiger partial charge in [-0.25, -0.2) is 8.78 Å². The van der Waals surface area contributed by atoms with Crippen LogP contribution in [0.1, 0.15) is 11.1 Å². The van der Waals surface area contributed by atoms with Gasteiger partial charge in [0.2, 0.25) is 0 Å². The molecule has 1 N–H and O–H groups in total. The highest BCUT2D eigenvalue weighted by molar-refractivity contribution is 5.68. The maximum absolute atomic E-state index is 14.0. The molecule has 0 heterocycles. The summed E-state index contributed by atoms with van der Waals surface area (Å²) >= 11 is 0. The van der Waals surface area contributed by atoms with Crippen molar-refractivity contribution in [1.29, 1.82) is 0 Å². The Kier molecular flexibility index (Phi) is 3.72. The van der Waals surface area contributed by atoms with Crippen molar-refractivity contribution >= 4 is 0 Å². The number of hydrogen-bond donors (Lipinski definition) is 1. The fourth-order valence-electron chi connectivity index (χ4n) is 2.02. The van der Waals surface area contributed by atoms with Gasteiger partial charge in [0.15, 0.2) is 0 Å². The van der Waals surface area contributed by atoms with E-state index in [0.717, 1.165) is 16.7 Å². The van der Waals surface area contributed by atoms with Gasteiger partial charge in [0.1, 0.15) is 11.6 Å². The van der Waals surface area contributed by atoms with Gasteiger partial charge in [-0.05, 0) is 48.9 Å². The standard InChI is InChI=1S/C15H15F2N/c1-10-7-12(16)4-6-13(10)14-5-3-11(9-18-2)8-15(14)17/h3-8,18H,9H2,1-2H3. The minimum Gasteiger partial charge on any atom is -0.316 e. The molecule has 0 spiro atoms. The molecule has 0 bridgehead atoms. The van der Waals surface area contributed by atoms with Crippen molar-refractivity contribution in [2.24, 2.45) is 0 Å².